The standard InChI is InChI=1S/C15H13NO5S2/c1-8(14(18)19-2)16-13(17)12(23-15(16)22)6-9-3-4-10-11(5-9)21-7-20-10/h3-6,8H,7H2,1-2H3/b12-6-/t8-/m1/s1. The summed E-state index contributed by atoms with van der Waals surface area (Å²) in [7, 11) is 1.28. The molecule has 1 atom stereocenters. The molecule has 1 aromatic rings. The molecule has 2 aliphatic rings. The zero-order valence-electron chi connectivity index (χ0n) is 12.4. The molecule has 2 aliphatic heterocycles. The highest BCUT2D eigenvalue weighted by atomic mass is 32.2. The number of nitrogens with zero attached hydrogens (tertiary/aromatic N) is 1. The first-order valence-corrected chi connectivity index (χ1v) is 7.98. The summed E-state index contributed by atoms with van der Waals surface area (Å²) in [5, 5.41) is 0. The predicted molar refractivity (Wildman–Crippen MR) is 89.1 cm³/mol. The summed E-state index contributed by atoms with van der Waals surface area (Å²) >= 11 is 6.36. The fourth-order valence-electron chi connectivity index (χ4n) is 2.24. The fraction of sp³-hybridized carbons (Fsp3) is 0.267. The first-order chi connectivity index (χ1) is 11.0. The number of thiocarbonyl (C=S) groups is 1. The Kier molecular flexibility index (Phi) is 4.27. The van der Waals surface area contributed by atoms with Crippen LogP contribution in [0.2, 0.25) is 0 Å². The van der Waals surface area contributed by atoms with Crippen LogP contribution >= 0.6 is 24.0 Å². The SMILES string of the molecule is COC(=O)[C@@H](C)N1C(=O)/C(=C/c2ccc3c(c2)OCO3)SC1=S. The molecule has 0 unspecified atom stereocenters. The molecule has 120 valence electrons. The van der Waals surface area contributed by atoms with E-state index < -0.39 is 12.0 Å². The van der Waals surface area contributed by atoms with Crippen molar-refractivity contribution in [3.05, 3.63) is 28.7 Å². The third kappa shape index (κ3) is 2.91. The molecular weight excluding hydrogens is 338 g/mol. The van der Waals surface area contributed by atoms with Gasteiger partial charge < -0.3 is 14.2 Å². The van der Waals surface area contributed by atoms with Gasteiger partial charge in [-0.25, -0.2) is 4.79 Å². The van der Waals surface area contributed by atoms with Crippen LogP contribution in [-0.4, -0.2) is 41.0 Å². The van der Waals surface area contributed by atoms with E-state index in [4.69, 9.17) is 21.7 Å². The van der Waals surface area contributed by atoms with Crippen molar-refractivity contribution in [2.75, 3.05) is 13.9 Å². The van der Waals surface area contributed by atoms with Crippen molar-refractivity contribution in [2.24, 2.45) is 0 Å². The number of rotatable bonds is 3. The Labute approximate surface area is 142 Å². The van der Waals surface area contributed by atoms with Gasteiger partial charge in [0.1, 0.15) is 10.4 Å². The number of fused-ring (bicyclic) bond motifs is 1. The molecule has 0 aromatic heterocycles. The van der Waals surface area contributed by atoms with E-state index in [9.17, 15) is 9.59 Å². The van der Waals surface area contributed by atoms with Gasteiger partial charge in [0.05, 0.1) is 12.0 Å². The van der Waals surface area contributed by atoms with Gasteiger partial charge >= 0.3 is 5.97 Å². The first-order valence-electron chi connectivity index (χ1n) is 6.76. The highest BCUT2D eigenvalue weighted by Crippen LogP contribution is 2.37. The van der Waals surface area contributed by atoms with Crippen molar-refractivity contribution in [1.82, 2.24) is 4.90 Å². The summed E-state index contributed by atoms with van der Waals surface area (Å²) in [5.41, 5.74) is 0.792. The highest BCUT2D eigenvalue weighted by molar-refractivity contribution is 8.26. The number of esters is 1. The maximum atomic E-state index is 12.5. The van der Waals surface area contributed by atoms with Crippen LogP contribution in [-0.2, 0) is 14.3 Å². The molecular formula is C15H13NO5S2. The van der Waals surface area contributed by atoms with E-state index in [2.05, 4.69) is 4.74 Å². The minimum atomic E-state index is -0.754. The smallest absolute Gasteiger partial charge is 0.328 e. The lowest BCUT2D eigenvalue weighted by molar-refractivity contribution is -0.147. The maximum Gasteiger partial charge on any atom is 0.328 e. The molecule has 8 heteroatoms. The second-order valence-corrected chi connectivity index (χ2v) is 6.54. The number of amides is 1. The number of hydrogen-bond donors (Lipinski definition) is 0. The van der Waals surface area contributed by atoms with Crippen LogP contribution in [0.25, 0.3) is 6.08 Å². The fourth-order valence-corrected chi connectivity index (χ4v) is 3.66. The van der Waals surface area contributed by atoms with Crippen molar-refractivity contribution < 1.29 is 23.8 Å². The Balaban J connectivity index is 1.85. The van der Waals surface area contributed by atoms with Crippen LogP contribution in [0.5, 0.6) is 11.5 Å². The monoisotopic (exact) mass is 351 g/mol. The van der Waals surface area contributed by atoms with Gasteiger partial charge in [-0.15, -0.1) is 0 Å². The molecule has 1 saturated heterocycles. The van der Waals surface area contributed by atoms with Gasteiger partial charge in [0, 0.05) is 0 Å². The number of methoxy groups -OCH3 is 1. The second-order valence-electron chi connectivity index (χ2n) is 4.86. The summed E-state index contributed by atoms with van der Waals surface area (Å²) in [5.74, 6) is 0.493. The third-order valence-electron chi connectivity index (χ3n) is 3.45. The third-order valence-corrected chi connectivity index (χ3v) is 4.78. The van der Waals surface area contributed by atoms with Crippen LogP contribution in [0.4, 0.5) is 0 Å². The zero-order valence-corrected chi connectivity index (χ0v) is 14.0. The molecule has 6 nitrogen and oxygen atoms in total. The number of hydrogen-bond acceptors (Lipinski definition) is 7. The number of thioether (sulfide) groups is 1. The van der Waals surface area contributed by atoms with Crippen LogP contribution in [0, 0.1) is 0 Å². The molecule has 1 fully saturated rings. The van der Waals surface area contributed by atoms with Crippen molar-refractivity contribution in [2.45, 2.75) is 13.0 Å². The van der Waals surface area contributed by atoms with E-state index in [0.29, 0.717) is 20.7 Å². The molecule has 0 bridgehead atoms. The summed E-state index contributed by atoms with van der Waals surface area (Å²) in [6, 6.07) is 4.64. The predicted octanol–water partition coefficient (Wildman–Crippen LogP) is 2.18. The van der Waals surface area contributed by atoms with Crippen LogP contribution < -0.4 is 9.47 Å². The van der Waals surface area contributed by atoms with E-state index in [1.807, 2.05) is 6.07 Å². The van der Waals surface area contributed by atoms with Gasteiger partial charge in [-0.3, -0.25) is 9.69 Å². The summed E-state index contributed by atoms with van der Waals surface area (Å²) in [6.07, 6.45) is 1.71. The average molecular weight is 351 g/mol. The number of carbonyl (C=O) groups excluding carboxylic acids is 2. The van der Waals surface area contributed by atoms with Gasteiger partial charge in [-0.05, 0) is 30.7 Å². The Hall–Kier alpha value is -2.06. The molecule has 3 rings (SSSR count). The Bertz CT molecular complexity index is 731. The molecule has 0 spiro atoms. The topological polar surface area (TPSA) is 65.1 Å². The van der Waals surface area contributed by atoms with E-state index >= 15 is 0 Å². The van der Waals surface area contributed by atoms with E-state index in [0.717, 1.165) is 17.3 Å². The number of carbonyl (C=O) groups is 2. The van der Waals surface area contributed by atoms with E-state index in [1.54, 1.807) is 25.1 Å². The Morgan fingerprint density at radius 1 is 1.43 bits per heavy atom. The molecule has 23 heavy (non-hydrogen) atoms. The van der Waals surface area contributed by atoms with Crippen LogP contribution in [0.3, 0.4) is 0 Å². The molecule has 2 heterocycles. The van der Waals surface area contributed by atoms with Gasteiger partial charge in [-0.1, -0.05) is 30.0 Å². The molecule has 0 N–H and O–H groups in total. The number of ether oxygens (including phenoxy) is 3. The van der Waals surface area contributed by atoms with Crippen LogP contribution in [0.15, 0.2) is 23.1 Å². The molecule has 0 aliphatic carbocycles. The van der Waals surface area contributed by atoms with Crippen molar-refractivity contribution in [1.29, 1.82) is 0 Å². The molecule has 0 saturated carbocycles. The van der Waals surface area contributed by atoms with Crippen molar-refractivity contribution in [3.63, 3.8) is 0 Å². The average Bonchev–Trinajstić information content (AvgIpc) is 3.10. The van der Waals surface area contributed by atoms with Gasteiger partial charge in [0.15, 0.2) is 11.5 Å². The second kappa shape index (κ2) is 6.21. The van der Waals surface area contributed by atoms with Crippen molar-refractivity contribution >= 4 is 46.3 Å². The van der Waals surface area contributed by atoms with E-state index in [1.165, 1.54) is 12.0 Å². The lowest BCUT2D eigenvalue weighted by Crippen LogP contribution is -2.42. The lowest BCUT2D eigenvalue weighted by atomic mass is 10.2. The highest BCUT2D eigenvalue weighted by Gasteiger charge is 2.38. The minimum Gasteiger partial charge on any atom is -0.467 e. The lowest BCUT2D eigenvalue weighted by Gasteiger charge is -2.20. The van der Waals surface area contributed by atoms with Gasteiger partial charge in [-0.2, -0.15) is 0 Å². The number of benzene rings is 1. The summed E-state index contributed by atoms with van der Waals surface area (Å²) in [4.78, 5) is 25.9. The zero-order chi connectivity index (χ0) is 16.6. The molecule has 0 radical (unpaired) electrons. The van der Waals surface area contributed by atoms with Gasteiger partial charge in [0.2, 0.25) is 6.79 Å². The van der Waals surface area contributed by atoms with E-state index in [-0.39, 0.29) is 12.7 Å². The van der Waals surface area contributed by atoms with Crippen molar-refractivity contribution in [3.8, 4) is 11.5 Å². The summed E-state index contributed by atoms with van der Waals surface area (Å²) in [6.45, 7) is 1.78. The van der Waals surface area contributed by atoms with Gasteiger partial charge in [0.25, 0.3) is 5.91 Å². The Morgan fingerprint density at radius 2 is 2.17 bits per heavy atom. The normalized spacial score (nSPS) is 19.4. The maximum absolute atomic E-state index is 12.5. The molecule has 1 aromatic carbocycles. The minimum absolute atomic E-state index is 0.192. The summed E-state index contributed by atoms with van der Waals surface area (Å²) < 4.78 is 15.6. The Morgan fingerprint density at radius 3 is 2.91 bits per heavy atom. The molecule has 1 amide bonds. The largest absolute Gasteiger partial charge is 0.467 e. The van der Waals surface area contributed by atoms with Crippen LogP contribution in [0.1, 0.15) is 12.5 Å². The quantitative estimate of drug-likeness (QED) is 0.470. The first kappa shape index (κ1) is 15.8.